The van der Waals surface area contributed by atoms with E-state index in [4.69, 9.17) is 9.47 Å². The van der Waals surface area contributed by atoms with E-state index in [2.05, 4.69) is 10.2 Å². The minimum atomic E-state index is -3.47. The van der Waals surface area contributed by atoms with E-state index in [0.717, 1.165) is 11.1 Å². The summed E-state index contributed by atoms with van der Waals surface area (Å²) in [5.41, 5.74) is 1.47. The summed E-state index contributed by atoms with van der Waals surface area (Å²) in [4.78, 5) is 25.5. The molecule has 0 bridgehead atoms. The fourth-order valence-corrected chi connectivity index (χ4v) is 4.99. The zero-order valence-corrected chi connectivity index (χ0v) is 21.3. The van der Waals surface area contributed by atoms with E-state index < -0.39 is 31.5 Å². The van der Waals surface area contributed by atoms with Crippen molar-refractivity contribution >= 4 is 19.4 Å². The molecule has 4 N–H and O–H groups in total. The van der Waals surface area contributed by atoms with Crippen molar-refractivity contribution in [1.82, 2.24) is 10.2 Å². The number of carbonyl (C=O) groups excluding carboxylic acids is 2. The Kier molecular flexibility index (Phi) is 11.2. The van der Waals surface area contributed by atoms with Crippen molar-refractivity contribution in [3.05, 3.63) is 59.7 Å². The average Bonchev–Trinajstić information content (AvgIpc) is 2.82. The fourth-order valence-electron chi connectivity index (χ4n) is 3.34. The van der Waals surface area contributed by atoms with Crippen LogP contribution in [0.4, 0.5) is 0 Å². The van der Waals surface area contributed by atoms with Gasteiger partial charge in [0.05, 0.1) is 13.2 Å². The molecule has 0 saturated heterocycles. The number of aromatic hydroxyl groups is 2. The van der Waals surface area contributed by atoms with E-state index in [1.54, 1.807) is 24.3 Å². The zero-order chi connectivity index (χ0) is 25.8. The molecular formula is C25H35N2O7P. The summed E-state index contributed by atoms with van der Waals surface area (Å²) >= 11 is 0. The molecule has 35 heavy (non-hydrogen) atoms. The van der Waals surface area contributed by atoms with E-state index in [0.29, 0.717) is 12.8 Å². The summed E-state index contributed by atoms with van der Waals surface area (Å²) in [6.07, 6.45) is 1.62. The van der Waals surface area contributed by atoms with Gasteiger partial charge in [0, 0.05) is 6.66 Å². The highest BCUT2D eigenvalue weighted by Gasteiger charge is 2.32. The highest BCUT2D eigenvalue weighted by Crippen LogP contribution is 2.34. The zero-order valence-electron chi connectivity index (χ0n) is 20.4. The van der Waals surface area contributed by atoms with Gasteiger partial charge in [-0.1, -0.05) is 38.1 Å². The van der Waals surface area contributed by atoms with Crippen LogP contribution in [0.2, 0.25) is 0 Å². The van der Waals surface area contributed by atoms with Gasteiger partial charge in [0.1, 0.15) is 23.6 Å². The molecular weight excluding hydrogens is 471 g/mol. The molecule has 192 valence electrons. The normalized spacial score (nSPS) is 14.5. The third kappa shape index (κ3) is 10.1. The molecule has 0 aliphatic heterocycles. The lowest BCUT2D eigenvalue weighted by molar-refractivity contribution is -0.146. The van der Waals surface area contributed by atoms with Crippen LogP contribution < -0.4 is 10.2 Å². The van der Waals surface area contributed by atoms with Gasteiger partial charge >= 0.3 is 11.9 Å². The molecule has 0 aliphatic carbocycles. The number of esters is 2. The van der Waals surface area contributed by atoms with Gasteiger partial charge in [-0.3, -0.25) is 14.2 Å². The number of nitrogens with one attached hydrogen (secondary N) is 2. The summed E-state index contributed by atoms with van der Waals surface area (Å²) in [5.74, 6) is -0.936. The quantitative estimate of drug-likeness (QED) is 0.224. The summed E-state index contributed by atoms with van der Waals surface area (Å²) in [6.45, 7) is 5.60. The molecule has 2 aromatic carbocycles. The van der Waals surface area contributed by atoms with E-state index in [1.165, 1.54) is 30.9 Å². The third-order valence-corrected chi connectivity index (χ3v) is 6.63. The first kappa shape index (κ1) is 28.4. The fraction of sp³-hybridized carbons (Fsp3) is 0.440. The highest BCUT2D eigenvalue weighted by molar-refractivity contribution is 7.59. The Bertz CT molecular complexity index is 918. The molecule has 9 nitrogen and oxygen atoms in total. The first-order valence-corrected chi connectivity index (χ1v) is 13.8. The first-order valence-electron chi connectivity index (χ1n) is 11.7. The summed E-state index contributed by atoms with van der Waals surface area (Å²) in [5, 5.41) is 24.8. The topological polar surface area (TPSA) is 134 Å². The molecule has 0 radical (unpaired) electrons. The SMILES string of the molecule is CCCOC(=O)C(Cc1ccc(O)cc1)NP(C)(=O)NC(Cc1ccc(O)cc1)C(=O)OCCC. The van der Waals surface area contributed by atoms with Crippen molar-refractivity contribution in [2.24, 2.45) is 0 Å². The molecule has 2 rings (SSSR count). The van der Waals surface area contributed by atoms with Gasteiger partial charge in [-0.2, -0.15) is 0 Å². The molecule has 0 aliphatic rings. The maximum atomic E-state index is 13.6. The number of phenolic OH excluding ortho intramolecular Hbond substituents is 2. The summed E-state index contributed by atoms with van der Waals surface area (Å²) in [7, 11) is -3.47. The summed E-state index contributed by atoms with van der Waals surface area (Å²) < 4.78 is 24.1. The molecule has 0 heterocycles. The molecule has 0 fully saturated rings. The molecule has 2 aromatic rings. The Morgan fingerprint density at radius 3 is 1.43 bits per heavy atom. The minimum Gasteiger partial charge on any atom is -0.508 e. The molecule has 2 atom stereocenters. The Labute approximate surface area is 206 Å². The molecule has 0 aromatic heterocycles. The van der Waals surface area contributed by atoms with Crippen LogP contribution in [-0.4, -0.2) is 54.1 Å². The van der Waals surface area contributed by atoms with Gasteiger partial charge in [-0.25, -0.2) is 10.2 Å². The van der Waals surface area contributed by atoms with Crippen LogP contribution in [0.1, 0.15) is 37.8 Å². The van der Waals surface area contributed by atoms with Crippen molar-refractivity contribution in [3.8, 4) is 11.5 Å². The van der Waals surface area contributed by atoms with Crippen LogP contribution in [0.15, 0.2) is 48.5 Å². The third-order valence-electron chi connectivity index (χ3n) is 5.02. The van der Waals surface area contributed by atoms with Crippen LogP contribution in [0.3, 0.4) is 0 Å². The van der Waals surface area contributed by atoms with Gasteiger partial charge in [0.25, 0.3) is 0 Å². The van der Waals surface area contributed by atoms with Crippen LogP contribution >= 0.6 is 7.44 Å². The Hall–Kier alpha value is -2.87. The van der Waals surface area contributed by atoms with Gasteiger partial charge in [0.15, 0.2) is 0 Å². The van der Waals surface area contributed by atoms with Crippen molar-refractivity contribution < 1.29 is 33.8 Å². The van der Waals surface area contributed by atoms with E-state index in [1.807, 2.05) is 13.8 Å². The maximum Gasteiger partial charge on any atom is 0.323 e. The standard InChI is InChI=1S/C25H35N2O7P/c1-4-14-33-24(30)22(16-18-6-10-20(28)11-7-18)26-35(3,32)27-23(25(31)34-15-5-2)17-19-8-12-21(29)13-9-19/h6-13,22-23,28-29H,4-5,14-17H2,1-3H3,(H2,26,27,32). The number of rotatable bonds is 14. The van der Waals surface area contributed by atoms with Crippen molar-refractivity contribution in [2.75, 3.05) is 19.9 Å². The molecule has 0 spiro atoms. The van der Waals surface area contributed by atoms with E-state index in [9.17, 15) is 24.4 Å². The van der Waals surface area contributed by atoms with Gasteiger partial charge < -0.3 is 19.7 Å². The lowest BCUT2D eigenvalue weighted by Gasteiger charge is -2.27. The van der Waals surface area contributed by atoms with Crippen LogP contribution in [0, 0.1) is 0 Å². The lowest BCUT2D eigenvalue weighted by Crippen LogP contribution is -2.45. The number of carbonyl (C=O) groups is 2. The Balaban J connectivity index is 2.21. The number of hydrogen-bond donors (Lipinski definition) is 4. The van der Waals surface area contributed by atoms with Gasteiger partial charge in [0.2, 0.25) is 7.44 Å². The van der Waals surface area contributed by atoms with Gasteiger partial charge in [-0.05, 0) is 61.1 Å². The largest absolute Gasteiger partial charge is 0.508 e. The number of benzene rings is 2. The second-order valence-electron chi connectivity index (χ2n) is 8.36. The smallest absolute Gasteiger partial charge is 0.323 e. The molecule has 10 heteroatoms. The predicted octanol–water partition coefficient (Wildman–Crippen LogP) is 3.53. The molecule has 0 saturated carbocycles. The van der Waals surface area contributed by atoms with E-state index in [-0.39, 0.29) is 37.6 Å². The van der Waals surface area contributed by atoms with Crippen LogP contribution in [0.5, 0.6) is 11.5 Å². The van der Waals surface area contributed by atoms with E-state index >= 15 is 0 Å². The van der Waals surface area contributed by atoms with Crippen molar-refractivity contribution in [1.29, 1.82) is 0 Å². The number of ether oxygens (including phenoxy) is 2. The average molecular weight is 507 g/mol. The molecule has 2 unspecified atom stereocenters. The first-order chi connectivity index (χ1) is 16.6. The lowest BCUT2D eigenvalue weighted by atomic mass is 10.1. The monoisotopic (exact) mass is 506 g/mol. The Morgan fingerprint density at radius 1 is 0.771 bits per heavy atom. The van der Waals surface area contributed by atoms with Crippen molar-refractivity contribution in [2.45, 2.75) is 51.6 Å². The minimum absolute atomic E-state index is 0.0947. The summed E-state index contributed by atoms with van der Waals surface area (Å²) in [6, 6.07) is 10.8. The van der Waals surface area contributed by atoms with Gasteiger partial charge in [-0.15, -0.1) is 0 Å². The number of phenols is 2. The second-order valence-corrected chi connectivity index (χ2v) is 10.7. The second kappa shape index (κ2) is 13.9. The predicted molar refractivity (Wildman–Crippen MR) is 133 cm³/mol. The maximum absolute atomic E-state index is 13.6. The molecule has 0 amide bonds. The Morgan fingerprint density at radius 2 is 1.11 bits per heavy atom. The van der Waals surface area contributed by atoms with Crippen LogP contribution in [-0.2, 0) is 36.5 Å². The van der Waals surface area contributed by atoms with Crippen molar-refractivity contribution in [3.63, 3.8) is 0 Å². The van der Waals surface area contributed by atoms with Crippen LogP contribution in [0.25, 0.3) is 0 Å². The highest BCUT2D eigenvalue weighted by atomic mass is 31.2. The number of hydrogen-bond acceptors (Lipinski definition) is 7.